The van der Waals surface area contributed by atoms with E-state index in [4.69, 9.17) is 4.74 Å². The summed E-state index contributed by atoms with van der Waals surface area (Å²) >= 11 is 3.41. The highest BCUT2D eigenvalue weighted by atomic mass is 79.9. The summed E-state index contributed by atoms with van der Waals surface area (Å²) in [6.07, 6.45) is 1.80. The molecule has 0 radical (unpaired) electrons. The van der Waals surface area contributed by atoms with Crippen LogP contribution in [0.15, 0.2) is 27.8 Å². The third-order valence-electron chi connectivity index (χ3n) is 1.61. The molecule has 0 bridgehead atoms. The lowest BCUT2D eigenvalue weighted by Gasteiger charge is -2.05. The number of hydrazone groups is 1. The highest BCUT2D eigenvalue weighted by Crippen LogP contribution is 2.24. The Kier molecular flexibility index (Phi) is 3.95. The molecule has 1 rings (SSSR count). The molecule has 76 valence electrons. The van der Waals surface area contributed by atoms with Crippen LogP contribution in [0.1, 0.15) is 5.56 Å². The van der Waals surface area contributed by atoms with Gasteiger partial charge in [-0.05, 0) is 39.7 Å². The Hall–Kier alpha value is -1.03. The first-order valence-corrected chi connectivity index (χ1v) is 4.97. The predicted molar refractivity (Wildman–Crippen MR) is 62.0 cm³/mol. The lowest BCUT2D eigenvalue weighted by molar-refractivity contribution is 0.412. The van der Waals surface area contributed by atoms with Crippen molar-refractivity contribution in [3.05, 3.63) is 28.2 Å². The number of rotatable bonds is 3. The molecular formula is C10H13BrN2O. The highest BCUT2D eigenvalue weighted by molar-refractivity contribution is 9.10. The first kappa shape index (κ1) is 11.0. The van der Waals surface area contributed by atoms with Gasteiger partial charge in [0.2, 0.25) is 0 Å². The highest BCUT2D eigenvalue weighted by Gasteiger charge is 1.99. The summed E-state index contributed by atoms with van der Waals surface area (Å²) in [5.41, 5.74) is 1.03. The summed E-state index contributed by atoms with van der Waals surface area (Å²) in [5, 5.41) is 5.89. The fraction of sp³-hybridized carbons (Fsp3) is 0.300. The van der Waals surface area contributed by atoms with Crippen LogP contribution in [-0.4, -0.2) is 32.4 Å². The number of benzene rings is 1. The van der Waals surface area contributed by atoms with Crippen LogP contribution >= 0.6 is 15.9 Å². The molecule has 0 fully saturated rings. The number of hydrogen-bond acceptors (Lipinski definition) is 3. The van der Waals surface area contributed by atoms with Gasteiger partial charge in [-0.25, -0.2) is 0 Å². The van der Waals surface area contributed by atoms with Gasteiger partial charge in [0.1, 0.15) is 5.75 Å². The Labute approximate surface area is 92.5 Å². The second-order valence-corrected chi connectivity index (χ2v) is 3.84. The molecule has 0 aliphatic carbocycles. The van der Waals surface area contributed by atoms with Gasteiger partial charge >= 0.3 is 0 Å². The van der Waals surface area contributed by atoms with E-state index in [0.717, 1.165) is 15.8 Å². The van der Waals surface area contributed by atoms with Crippen LogP contribution in [0.4, 0.5) is 0 Å². The fourth-order valence-corrected chi connectivity index (χ4v) is 1.50. The molecule has 4 heteroatoms. The molecule has 0 spiro atoms. The van der Waals surface area contributed by atoms with Gasteiger partial charge < -0.3 is 9.75 Å². The number of ether oxygens (including phenoxy) is 1. The zero-order valence-electron chi connectivity index (χ0n) is 8.49. The zero-order valence-corrected chi connectivity index (χ0v) is 10.1. The molecule has 1 aromatic carbocycles. The largest absolute Gasteiger partial charge is 0.496 e. The maximum absolute atomic E-state index is 5.12. The van der Waals surface area contributed by atoms with Crippen LogP contribution in [-0.2, 0) is 0 Å². The van der Waals surface area contributed by atoms with E-state index in [1.807, 2.05) is 32.3 Å². The van der Waals surface area contributed by atoms with Crippen molar-refractivity contribution in [2.45, 2.75) is 0 Å². The quantitative estimate of drug-likeness (QED) is 0.613. The van der Waals surface area contributed by atoms with Crippen LogP contribution in [0.25, 0.3) is 0 Å². The molecule has 14 heavy (non-hydrogen) atoms. The van der Waals surface area contributed by atoms with E-state index < -0.39 is 0 Å². The van der Waals surface area contributed by atoms with E-state index in [2.05, 4.69) is 21.0 Å². The average Bonchev–Trinajstić information content (AvgIpc) is 2.15. The van der Waals surface area contributed by atoms with Crippen LogP contribution < -0.4 is 4.74 Å². The van der Waals surface area contributed by atoms with Gasteiger partial charge in [0.15, 0.2) is 0 Å². The molecule has 0 atom stereocenters. The maximum Gasteiger partial charge on any atom is 0.133 e. The van der Waals surface area contributed by atoms with Gasteiger partial charge in [0, 0.05) is 14.1 Å². The zero-order chi connectivity index (χ0) is 10.6. The standard InChI is InChI=1S/C10H13BrN2O/c1-13(2)12-7-8-4-5-10(14-3)9(11)6-8/h4-7H,1-3H3/b12-7+. The van der Waals surface area contributed by atoms with Crippen molar-refractivity contribution in [2.24, 2.45) is 5.10 Å². The maximum atomic E-state index is 5.12. The summed E-state index contributed by atoms with van der Waals surface area (Å²) in [4.78, 5) is 0. The second kappa shape index (κ2) is 5.00. The first-order valence-electron chi connectivity index (χ1n) is 4.18. The van der Waals surface area contributed by atoms with Gasteiger partial charge in [-0.1, -0.05) is 0 Å². The van der Waals surface area contributed by atoms with Gasteiger partial charge in [-0.2, -0.15) is 5.10 Å². The minimum absolute atomic E-state index is 0.826. The summed E-state index contributed by atoms with van der Waals surface area (Å²) in [5.74, 6) is 0.826. The Morgan fingerprint density at radius 1 is 1.43 bits per heavy atom. The van der Waals surface area contributed by atoms with Gasteiger partial charge in [0.05, 0.1) is 17.8 Å². The number of hydrogen-bond donors (Lipinski definition) is 0. The summed E-state index contributed by atoms with van der Waals surface area (Å²) in [6, 6.07) is 5.82. The van der Waals surface area contributed by atoms with E-state index in [9.17, 15) is 0 Å². The van der Waals surface area contributed by atoms with Crippen molar-refractivity contribution in [1.82, 2.24) is 5.01 Å². The van der Waals surface area contributed by atoms with Gasteiger partial charge in [-0.3, -0.25) is 0 Å². The van der Waals surface area contributed by atoms with E-state index in [1.54, 1.807) is 18.3 Å². The van der Waals surface area contributed by atoms with Crippen molar-refractivity contribution in [2.75, 3.05) is 21.2 Å². The molecule has 3 nitrogen and oxygen atoms in total. The molecule has 0 heterocycles. The molecule has 0 unspecified atom stereocenters. The third kappa shape index (κ3) is 3.03. The lowest BCUT2D eigenvalue weighted by atomic mass is 10.2. The van der Waals surface area contributed by atoms with Crippen molar-refractivity contribution in [1.29, 1.82) is 0 Å². The molecule has 0 aliphatic heterocycles. The summed E-state index contributed by atoms with van der Waals surface area (Å²) in [7, 11) is 5.41. The van der Waals surface area contributed by atoms with Crippen LogP contribution in [0.5, 0.6) is 5.75 Å². The normalized spacial score (nSPS) is 10.6. The molecule has 0 N–H and O–H groups in total. The van der Waals surface area contributed by atoms with Crippen molar-refractivity contribution in [3.8, 4) is 5.75 Å². The third-order valence-corrected chi connectivity index (χ3v) is 2.23. The van der Waals surface area contributed by atoms with Crippen molar-refractivity contribution < 1.29 is 4.74 Å². The minimum Gasteiger partial charge on any atom is -0.496 e. The van der Waals surface area contributed by atoms with Crippen molar-refractivity contribution in [3.63, 3.8) is 0 Å². The Morgan fingerprint density at radius 2 is 2.14 bits per heavy atom. The number of nitrogens with zero attached hydrogens (tertiary/aromatic N) is 2. The Balaban J connectivity index is 2.86. The first-order chi connectivity index (χ1) is 6.63. The molecule has 1 aromatic rings. The fourth-order valence-electron chi connectivity index (χ4n) is 0.945. The topological polar surface area (TPSA) is 24.8 Å². The molecule has 0 saturated carbocycles. The van der Waals surface area contributed by atoms with Crippen LogP contribution in [0.3, 0.4) is 0 Å². The van der Waals surface area contributed by atoms with Crippen LogP contribution in [0, 0.1) is 0 Å². The molecule has 0 saturated heterocycles. The van der Waals surface area contributed by atoms with E-state index in [0.29, 0.717) is 0 Å². The van der Waals surface area contributed by atoms with E-state index in [-0.39, 0.29) is 0 Å². The predicted octanol–water partition coefficient (Wildman–Crippen LogP) is 2.35. The second-order valence-electron chi connectivity index (χ2n) is 2.99. The SMILES string of the molecule is COc1ccc(/C=N/N(C)C)cc1Br. The van der Waals surface area contributed by atoms with E-state index >= 15 is 0 Å². The Bertz CT molecular complexity index is 337. The molecular weight excluding hydrogens is 244 g/mol. The molecule has 0 aromatic heterocycles. The van der Waals surface area contributed by atoms with Gasteiger partial charge in [-0.15, -0.1) is 0 Å². The molecule has 0 aliphatic rings. The minimum atomic E-state index is 0.826. The molecule has 0 amide bonds. The van der Waals surface area contributed by atoms with E-state index in [1.165, 1.54) is 0 Å². The lowest BCUT2D eigenvalue weighted by Crippen LogP contribution is -2.01. The number of methoxy groups -OCH3 is 1. The van der Waals surface area contributed by atoms with Gasteiger partial charge in [0.25, 0.3) is 0 Å². The monoisotopic (exact) mass is 256 g/mol. The Morgan fingerprint density at radius 3 is 2.64 bits per heavy atom. The summed E-state index contributed by atoms with van der Waals surface area (Å²) in [6.45, 7) is 0. The average molecular weight is 257 g/mol. The smallest absolute Gasteiger partial charge is 0.133 e. The summed E-state index contributed by atoms with van der Waals surface area (Å²) < 4.78 is 6.06. The van der Waals surface area contributed by atoms with Crippen molar-refractivity contribution >= 4 is 22.1 Å². The number of halogens is 1. The van der Waals surface area contributed by atoms with Crippen LogP contribution in [0.2, 0.25) is 0 Å².